The van der Waals surface area contributed by atoms with Crippen molar-refractivity contribution < 1.29 is 36.2 Å². The van der Waals surface area contributed by atoms with Crippen molar-refractivity contribution >= 4 is 0 Å². The molecule has 0 aliphatic rings. The minimum Gasteiger partial charge on any atom is -0.405 e. The number of ether oxygens (including phenoxy) is 1. The SMILES string of the molecule is OCc1ccc(-c2cc(F)c(F)cc2F)cc1OC(F)(F)F. The number of halogens is 6. The van der Waals surface area contributed by atoms with Crippen LogP contribution in [0.2, 0.25) is 0 Å². The Hall–Kier alpha value is -2.22. The highest BCUT2D eigenvalue weighted by Crippen LogP contribution is 2.33. The average molecular weight is 322 g/mol. The summed E-state index contributed by atoms with van der Waals surface area (Å²) >= 11 is 0. The Morgan fingerprint density at radius 2 is 1.55 bits per heavy atom. The number of aliphatic hydroxyl groups excluding tert-OH is 1. The lowest BCUT2D eigenvalue weighted by atomic mass is 10.0. The molecule has 2 rings (SSSR count). The first-order valence-electron chi connectivity index (χ1n) is 5.85. The topological polar surface area (TPSA) is 29.5 Å². The van der Waals surface area contributed by atoms with Crippen molar-refractivity contribution in [3.63, 3.8) is 0 Å². The van der Waals surface area contributed by atoms with Gasteiger partial charge in [0.05, 0.1) is 6.61 Å². The van der Waals surface area contributed by atoms with Gasteiger partial charge in [0.25, 0.3) is 0 Å². The molecule has 8 heteroatoms. The van der Waals surface area contributed by atoms with Crippen LogP contribution in [0.1, 0.15) is 5.56 Å². The smallest absolute Gasteiger partial charge is 0.405 e. The van der Waals surface area contributed by atoms with E-state index in [1.54, 1.807) is 0 Å². The van der Waals surface area contributed by atoms with Gasteiger partial charge < -0.3 is 9.84 Å². The van der Waals surface area contributed by atoms with Gasteiger partial charge >= 0.3 is 6.36 Å². The molecule has 0 unspecified atom stereocenters. The van der Waals surface area contributed by atoms with Crippen LogP contribution >= 0.6 is 0 Å². The quantitative estimate of drug-likeness (QED) is 0.679. The van der Waals surface area contributed by atoms with Gasteiger partial charge in [0.2, 0.25) is 0 Å². The maximum absolute atomic E-state index is 13.6. The van der Waals surface area contributed by atoms with Crippen LogP contribution in [-0.2, 0) is 6.61 Å². The van der Waals surface area contributed by atoms with Crippen molar-refractivity contribution in [2.75, 3.05) is 0 Å². The summed E-state index contributed by atoms with van der Waals surface area (Å²) in [6, 6.07) is 3.82. The van der Waals surface area contributed by atoms with Gasteiger partial charge in [-0.25, -0.2) is 13.2 Å². The molecule has 0 radical (unpaired) electrons. The number of rotatable bonds is 3. The Labute approximate surface area is 120 Å². The highest BCUT2D eigenvalue weighted by Gasteiger charge is 2.32. The lowest BCUT2D eigenvalue weighted by Gasteiger charge is -2.14. The summed E-state index contributed by atoms with van der Waals surface area (Å²) in [6.07, 6.45) is -5.02. The molecule has 0 saturated heterocycles. The van der Waals surface area contributed by atoms with E-state index in [0.29, 0.717) is 6.07 Å². The van der Waals surface area contributed by atoms with Crippen molar-refractivity contribution in [1.29, 1.82) is 0 Å². The van der Waals surface area contributed by atoms with E-state index in [2.05, 4.69) is 4.74 Å². The predicted octanol–water partition coefficient (Wildman–Crippen LogP) is 4.16. The molecule has 0 spiro atoms. The van der Waals surface area contributed by atoms with Crippen LogP contribution in [0.4, 0.5) is 26.3 Å². The molecule has 2 aromatic rings. The zero-order valence-electron chi connectivity index (χ0n) is 10.7. The molecule has 0 amide bonds. The van der Waals surface area contributed by atoms with Gasteiger partial charge in [0.1, 0.15) is 11.6 Å². The molecule has 0 aliphatic carbocycles. The highest BCUT2D eigenvalue weighted by atomic mass is 19.4. The van der Waals surface area contributed by atoms with Crippen molar-refractivity contribution in [2.24, 2.45) is 0 Å². The van der Waals surface area contributed by atoms with Crippen LogP contribution in [0.25, 0.3) is 11.1 Å². The first-order valence-corrected chi connectivity index (χ1v) is 5.85. The second-order valence-corrected chi connectivity index (χ2v) is 4.27. The van der Waals surface area contributed by atoms with Gasteiger partial charge in [-0.2, -0.15) is 0 Å². The Morgan fingerprint density at radius 1 is 0.909 bits per heavy atom. The molecule has 22 heavy (non-hydrogen) atoms. The van der Waals surface area contributed by atoms with Crippen LogP contribution in [0.15, 0.2) is 30.3 Å². The van der Waals surface area contributed by atoms with Crippen LogP contribution in [-0.4, -0.2) is 11.5 Å². The Bertz CT molecular complexity index is 696. The van der Waals surface area contributed by atoms with E-state index in [1.807, 2.05) is 0 Å². The van der Waals surface area contributed by atoms with E-state index in [9.17, 15) is 26.3 Å². The van der Waals surface area contributed by atoms with Crippen LogP contribution in [0.3, 0.4) is 0 Å². The Morgan fingerprint density at radius 3 is 2.14 bits per heavy atom. The normalized spacial score (nSPS) is 11.6. The number of benzene rings is 2. The van der Waals surface area contributed by atoms with Crippen molar-refractivity contribution in [1.82, 2.24) is 0 Å². The van der Waals surface area contributed by atoms with Gasteiger partial charge in [0.15, 0.2) is 11.6 Å². The zero-order valence-corrected chi connectivity index (χ0v) is 10.7. The largest absolute Gasteiger partial charge is 0.573 e. The molecule has 2 aromatic carbocycles. The van der Waals surface area contributed by atoms with E-state index in [4.69, 9.17) is 5.11 Å². The van der Waals surface area contributed by atoms with Gasteiger partial charge in [-0.05, 0) is 17.7 Å². The Balaban J connectivity index is 2.53. The van der Waals surface area contributed by atoms with E-state index in [-0.39, 0.29) is 17.2 Å². The molecule has 0 heterocycles. The third kappa shape index (κ3) is 3.51. The van der Waals surface area contributed by atoms with E-state index < -0.39 is 41.7 Å². The average Bonchev–Trinajstić information content (AvgIpc) is 2.41. The van der Waals surface area contributed by atoms with Crippen molar-refractivity contribution in [3.8, 4) is 16.9 Å². The first kappa shape index (κ1) is 16.2. The lowest BCUT2D eigenvalue weighted by Crippen LogP contribution is -2.18. The summed E-state index contributed by atoms with van der Waals surface area (Å²) in [7, 11) is 0. The van der Waals surface area contributed by atoms with Crippen LogP contribution < -0.4 is 4.74 Å². The standard InChI is InChI=1S/C14H8F6O2/c15-10-5-12(17)11(16)4-9(10)7-1-2-8(6-21)13(3-7)22-14(18,19)20/h1-5,21H,6H2. The number of hydrogen-bond donors (Lipinski definition) is 1. The minimum atomic E-state index is -5.02. The molecule has 0 bridgehead atoms. The zero-order chi connectivity index (χ0) is 16.5. The summed E-state index contributed by atoms with van der Waals surface area (Å²) in [4.78, 5) is 0. The molecule has 1 N–H and O–H groups in total. The number of alkyl halides is 3. The molecule has 0 atom stereocenters. The highest BCUT2D eigenvalue weighted by molar-refractivity contribution is 5.67. The minimum absolute atomic E-state index is 0.159. The second kappa shape index (κ2) is 5.88. The summed E-state index contributed by atoms with van der Waals surface area (Å²) < 4.78 is 80.3. The Kier molecular flexibility index (Phi) is 4.32. The van der Waals surface area contributed by atoms with Crippen LogP contribution in [0, 0.1) is 17.5 Å². The summed E-state index contributed by atoms with van der Waals surface area (Å²) in [5, 5.41) is 8.98. The second-order valence-electron chi connectivity index (χ2n) is 4.27. The molecule has 0 aliphatic heterocycles. The molecule has 0 saturated carbocycles. The van der Waals surface area contributed by atoms with E-state index in [0.717, 1.165) is 18.2 Å². The number of hydrogen-bond acceptors (Lipinski definition) is 2. The molecule has 2 nitrogen and oxygen atoms in total. The van der Waals surface area contributed by atoms with Crippen molar-refractivity contribution in [2.45, 2.75) is 13.0 Å². The predicted molar refractivity (Wildman–Crippen MR) is 64.4 cm³/mol. The van der Waals surface area contributed by atoms with Crippen LogP contribution in [0.5, 0.6) is 5.75 Å². The summed E-state index contributed by atoms with van der Waals surface area (Å²) in [6.45, 7) is -0.744. The maximum atomic E-state index is 13.6. The summed E-state index contributed by atoms with van der Waals surface area (Å²) in [5.74, 6) is -4.66. The van der Waals surface area contributed by atoms with E-state index >= 15 is 0 Å². The molecular weight excluding hydrogens is 314 g/mol. The molecule has 118 valence electrons. The monoisotopic (exact) mass is 322 g/mol. The fraction of sp³-hybridized carbons (Fsp3) is 0.143. The van der Waals surface area contributed by atoms with E-state index in [1.165, 1.54) is 0 Å². The molecule has 0 fully saturated rings. The third-order valence-corrected chi connectivity index (χ3v) is 2.78. The maximum Gasteiger partial charge on any atom is 0.573 e. The lowest BCUT2D eigenvalue weighted by molar-refractivity contribution is -0.275. The fourth-order valence-corrected chi connectivity index (χ4v) is 1.82. The van der Waals surface area contributed by atoms with Gasteiger partial charge in [0, 0.05) is 17.2 Å². The van der Waals surface area contributed by atoms with Gasteiger partial charge in [-0.3, -0.25) is 0 Å². The summed E-state index contributed by atoms with van der Waals surface area (Å²) in [5.41, 5.74) is -0.785. The number of aliphatic hydroxyl groups is 1. The third-order valence-electron chi connectivity index (χ3n) is 2.78. The fourth-order valence-electron chi connectivity index (χ4n) is 1.82. The van der Waals surface area contributed by atoms with Gasteiger partial charge in [-0.1, -0.05) is 12.1 Å². The molecule has 0 aromatic heterocycles. The molecular formula is C14H8F6O2. The first-order chi connectivity index (χ1) is 10.2. The van der Waals surface area contributed by atoms with Crippen molar-refractivity contribution in [3.05, 3.63) is 53.3 Å². The van der Waals surface area contributed by atoms with Gasteiger partial charge in [-0.15, -0.1) is 13.2 Å².